The van der Waals surface area contributed by atoms with E-state index in [0.29, 0.717) is 13.0 Å². The van der Waals surface area contributed by atoms with Crippen LogP contribution in [0, 0.1) is 0 Å². The van der Waals surface area contributed by atoms with Gasteiger partial charge in [0.15, 0.2) is 0 Å². The Morgan fingerprint density at radius 2 is 2.00 bits per heavy atom. The summed E-state index contributed by atoms with van der Waals surface area (Å²) in [5, 5.41) is 2.05. The quantitative estimate of drug-likeness (QED) is 0.943. The summed E-state index contributed by atoms with van der Waals surface area (Å²) >= 11 is 1.71. The van der Waals surface area contributed by atoms with Gasteiger partial charge in [0, 0.05) is 36.3 Å². The topological polar surface area (TPSA) is 46.3 Å². The summed E-state index contributed by atoms with van der Waals surface area (Å²) in [5.41, 5.74) is 7.47. The van der Waals surface area contributed by atoms with E-state index in [4.69, 9.17) is 5.73 Å². The zero-order valence-electron chi connectivity index (χ0n) is 11.9. The van der Waals surface area contributed by atoms with Crippen LogP contribution in [-0.2, 0) is 11.2 Å². The lowest BCUT2D eigenvalue weighted by Gasteiger charge is -2.16. The van der Waals surface area contributed by atoms with Crippen molar-refractivity contribution in [3.05, 3.63) is 58.3 Å². The lowest BCUT2D eigenvalue weighted by molar-refractivity contribution is -0.130. The Morgan fingerprint density at radius 3 is 2.71 bits per heavy atom. The highest BCUT2D eigenvalue weighted by Crippen LogP contribution is 2.27. The number of likely N-dealkylation sites (tertiary alicyclic amines) is 1. The molecule has 1 amide bonds. The van der Waals surface area contributed by atoms with E-state index in [1.165, 1.54) is 10.4 Å². The van der Waals surface area contributed by atoms with Crippen molar-refractivity contribution in [3.63, 3.8) is 0 Å². The second kappa shape index (κ2) is 6.41. The number of nitrogens with two attached hydrogens (primary N) is 1. The second-order valence-corrected chi connectivity index (χ2v) is 6.59. The van der Waals surface area contributed by atoms with Crippen LogP contribution in [0.4, 0.5) is 0 Å². The highest BCUT2D eigenvalue weighted by atomic mass is 32.1. The fourth-order valence-electron chi connectivity index (χ4n) is 2.93. The molecule has 1 aliphatic rings. The fraction of sp³-hybridized carbons (Fsp3) is 0.353. The number of rotatable bonds is 4. The van der Waals surface area contributed by atoms with Crippen LogP contribution in [0.15, 0.2) is 47.8 Å². The second-order valence-electron chi connectivity index (χ2n) is 5.56. The molecule has 0 unspecified atom stereocenters. The van der Waals surface area contributed by atoms with Gasteiger partial charge >= 0.3 is 0 Å². The number of aryl methyl sites for hydroxylation is 1. The first-order valence-electron chi connectivity index (χ1n) is 7.34. The number of thiophene rings is 1. The van der Waals surface area contributed by atoms with E-state index in [9.17, 15) is 4.79 Å². The highest BCUT2D eigenvalue weighted by Gasteiger charge is 2.33. The van der Waals surface area contributed by atoms with Gasteiger partial charge < -0.3 is 10.6 Å². The van der Waals surface area contributed by atoms with Crippen molar-refractivity contribution in [2.75, 3.05) is 13.1 Å². The summed E-state index contributed by atoms with van der Waals surface area (Å²) in [6, 6.07) is 14.4. The number of carbonyl (C=O) groups excluding carboxylic acids is 1. The third kappa shape index (κ3) is 3.34. The molecule has 2 aromatic rings. The van der Waals surface area contributed by atoms with Crippen molar-refractivity contribution in [3.8, 4) is 0 Å². The van der Waals surface area contributed by atoms with E-state index >= 15 is 0 Å². The molecule has 1 fully saturated rings. The van der Waals surface area contributed by atoms with Gasteiger partial charge in [0.25, 0.3) is 0 Å². The molecule has 2 heterocycles. The van der Waals surface area contributed by atoms with E-state index in [-0.39, 0.29) is 17.9 Å². The maximum Gasteiger partial charge on any atom is 0.223 e. The van der Waals surface area contributed by atoms with Crippen LogP contribution in [0.25, 0.3) is 0 Å². The van der Waals surface area contributed by atoms with Crippen LogP contribution < -0.4 is 5.73 Å². The van der Waals surface area contributed by atoms with E-state index in [1.807, 2.05) is 29.2 Å². The van der Waals surface area contributed by atoms with Crippen LogP contribution in [0.3, 0.4) is 0 Å². The molecule has 0 radical (unpaired) electrons. The molecule has 2 N–H and O–H groups in total. The Bertz CT molecular complexity index is 582. The molecule has 1 aliphatic heterocycles. The number of hydrogen-bond acceptors (Lipinski definition) is 3. The standard InChI is InChI=1S/C17H20N2OS/c18-16-12-19(11-15(16)13-5-2-1-3-6-13)17(20)9-8-14-7-4-10-21-14/h1-7,10,15-16H,8-9,11-12,18H2/t15-,16+/m0/s1. The third-order valence-electron chi connectivity index (χ3n) is 4.11. The lowest BCUT2D eigenvalue weighted by Crippen LogP contribution is -2.32. The lowest BCUT2D eigenvalue weighted by atomic mass is 9.95. The van der Waals surface area contributed by atoms with Gasteiger partial charge in [-0.3, -0.25) is 4.79 Å². The zero-order chi connectivity index (χ0) is 14.7. The van der Waals surface area contributed by atoms with E-state index in [1.54, 1.807) is 11.3 Å². The molecule has 0 bridgehead atoms. The summed E-state index contributed by atoms with van der Waals surface area (Å²) in [6.07, 6.45) is 1.41. The molecule has 21 heavy (non-hydrogen) atoms. The van der Waals surface area contributed by atoms with Crippen LogP contribution in [0.1, 0.15) is 22.8 Å². The van der Waals surface area contributed by atoms with Crippen molar-refractivity contribution in [2.24, 2.45) is 5.73 Å². The first-order valence-corrected chi connectivity index (χ1v) is 8.22. The van der Waals surface area contributed by atoms with E-state index in [2.05, 4.69) is 23.6 Å². The molecule has 3 nitrogen and oxygen atoms in total. The van der Waals surface area contributed by atoms with Gasteiger partial charge in [0.2, 0.25) is 5.91 Å². The van der Waals surface area contributed by atoms with Gasteiger partial charge in [-0.1, -0.05) is 36.4 Å². The van der Waals surface area contributed by atoms with Crippen molar-refractivity contribution in [1.29, 1.82) is 0 Å². The van der Waals surface area contributed by atoms with Gasteiger partial charge in [-0.2, -0.15) is 0 Å². The van der Waals surface area contributed by atoms with Gasteiger partial charge in [-0.05, 0) is 23.4 Å². The Labute approximate surface area is 129 Å². The van der Waals surface area contributed by atoms with Gasteiger partial charge in [0.05, 0.1) is 0 Å². The largest absolute Gasteiger partial charge is 0.340 e. The van der Waals surface area contributed by atoms with E-state index in [0.717, 1.165) is 13.0 Å². The van der Waals surface area contributed by atoms with Crippen LogP contribution in [-0.4, -0.2) is 29.9 Å². The third-order valence-corrected chi connectivity index (χ3v) is 5.05. The number of nitrogens with zero attached hydrogens (tertiary/aromatic N) is 1. The molecule has 1 aromatic carbocycles. The average Bonchev–Trinajstić information content (AvgIpc) is 3.15. The monoisotopic (exact) mass is 300 g/mol. The Balaban J connectivity index is 1.59. The molecule has 1 saturated heterocycles. The first kappa shape index (κ1) is 14.3. The number of hydrogen-bond donors (Lipinski definition) is 1. The SMILES string of the molecule is N[C@@H]1CN(C(=O)CCc2cccs2)C[C@H]1c1ccccc1. The minimum atomic E-state index is 0.0399. The van der Waals surface area contributed by atoms with Crippen LogP contribution in [0.5, 0.6) is 0 Å². The molecular formula is C17H20N2OS. The normalized spacial score (nSPS) is 21.7. The number of amides is 1. The molecule has 4 heteroatoms. The predicted molar refractivity (Wildman–Crippen MR) is 86.4 cm³/mol. The van der Waals surface area contributed by atoms with Gasteiger partial charge in [-0.15, -0.1) is 11.3 Å². The Hall–Kier alpha value is -1.65. The average molecular weight is 300 g/mol. The molecule has 0 aliphatic carbocycles. The summed E-state index contributed by atoms with van der Waals surface area (Å²) in [4.78, 5) is 15.5. The van der Waals surface area contributed by atoms with Crippen molar-refractivity contribution < 1.29 is 4.79 Å². The number of carbonyl (C=O) groups is 1. The van der Waals surface area contributed by atoms with Crippen LogP contribution in [0.2, 0.25) is 0 Å². The van der Waals surface area contributed by atoms with E-state index < -0.39 is 0 Å². The van der Waals surface area contributed by atoms with Crippen molar-refractivity contribution >= 4 is 17.2 Å². The molecule has 110 valence electrons. The smallest absolute Gasteiger partial charge is 0.223 e. The molecular weight excluding hydrogens is 280 g/mol. The molecule has 0 spiro atoms. The summed E-state index contributed by atoms with van der Waals surface area (Å²) < 4.78 is 0. The summed E-state index contributed by atoms with van der Waals surface area (Å²) in [5.74, 6) is 0.481. The highest BCUT2D eigenvalue weighted by molar-refractivity contribution is 7.09. The van der Waals surface area contributed by atoms with Crippen molar-refractivity contribution in [2.45, 2.75) is 24.8 Å². The zero-order valence-corrected chi connectivity index (χ0v) is 12.8. The maximum absolute atomic E-state index is 12.3. The van der Waals surface area contributed by atoms with Crippen LogP contribution >= 0.6 is 11.3 Å². The predicted octanol–water partition coefficient (Wildman–Crippen LogP) is 2.63. The first-order chi connectivity index (χ1) is 10.2. The van der Waals surface area contributed by atoms with Gasteiger partial charge in [-0.25, -0.2) is 0 Å². The molecule has 3 rings (SSSR count). The Kier molecular flexibility index (Phi) is 4.36. The minimum Gasteiger partial charge on any atom is -0.340 e. The minimum absolute atomic E-state index is 0.0399. The molecule has 0 saturated carbocycles. The molecule has 2 atom stereocenters. The molecule has 1 aromatic heterocycles. The number of benzene rings is 1. The summed E-state index contributed by atoms with van der Waals surface area (Å²) in [7, 11) is 0. The maximum atomic E-state index is 12.3. The van der Waals surface area contributed by atoms with Crippen molar-refractivity contribution in [1.82, 2.24) is 4.90 Å². The fourth-order valence-corrected chi connectivity index (χ4v) is 3.64. The Morgan fingerprint density at radius 1 is 1.19 bits per heavy atom. The van der Waals surface area contributed by atoms with Gasteiger partial charge in [0.1, 0.15) is 0 Å². The summed E-state index contributed by atoms with van der Waals surface area (Å²) in [6.45, 7) is 1.41.